The van der Waals surface area contributed by atoms with Crippen molar-refractivity contribution < 1.29 is 14.1 Å². The number of methoxy groups -OCH3 is 1. The van der Waals surface area contributed by atoms with Gasteiger partial charge in [-0.25, -0.2) is 18.5 Å². The Labute approximate surface area is 195 Å². The molecule has 1 aliphatic carbocycles. The first-order valence-corrected chi connectivity index (χ1v) is 13.0. The first-order valence-electron chi connectivity index (χ1n) is 11.0. The van der Waals surface area contributed by atoms with Crippen molar-refractivity contribution in [1.29, 1.82) is 4.78 Å². The standard InChI is InChI=1S/C23H34N6O3S/c1-15(14-32-4)27-23-26-13-22-20(18(12-25-3)10-16(2)33(5,24)31)11-21(29(22)28-23)17-6-8-19(30)9-7-17/h10-13,15,17,19,24,30H,2,6-9,14H2,1,3-5H3,(H,27,28)/b18-10+,25-12-/t15-,17-,19-,33?/m0/s1. The van der Waals surface area contributed by atoms with E-state index < -0.39 is 9.73 Å². The summed E-state index contributed by atoms with van der Waals surface area (Å²) in [4.78, 5) is 8.90. The van der Waals surface area contributed by atoms with Gasteiger partial charge < -0.3 is 15.2 Å². The van der Waals surface area contributed by atoms with Gasteiger partial charge in [-0.1, -0.05) is 6.58 Å². The summed E-state index contributed by atoms with van der Waals surface area (Å²) in [6, 6.07) is 2.10. The molecule has 1 aliphatic rings. The third kappa shape index (κ3) is 6.07. The number of aliphatic hydroxyl groups excluding tert-OH is 1. The van der Waals surface area contributed by atoms with Crippen LogP contribution in [0.2, 0.25) is 0 Å². The molecule has 1 saturated carbocycles. The van der Waals surface area contributed by atoms with E-state index in [1.54, 1.807) is 32.6 Å². The number of fused-ring (bicyclic) bond motifs is 1. The Morgan fingerprint density at radius 1 is 1.48 bits per heavy atom. The second-order valence-corrected chi connectivity index (χ2v) is 10.9. The van der Waals surface area contributed by atoms with Gasteiger partial charge in [-0.05, 0) is 44.7 Å². The van der Waals surface area contributed by atoms with Crippen LogP contribution in [-0.4, -0.2) is 69.3 Å². The van der Waals surface area contributed by atoms with Crippen LogP contribution in [0, 0.1) is 4.78 Å². The Morgan fingerprint density at radius 3 is 2.79 bits per heavy atom. The topological polar surface area (TPSA) is 125 Å². The summed E-state index contributed by atoms with van der Waals surface area (Å²) in [5, 5.41) is 18.0. The van der Waals surface area contributed by atoms with Crippen LogP contribution >= 0.6 is 0 Å². The molecule has 180 valence electrons. The van der Waals surface area contributed by atoms with E-state index in [4.69, 9.17) is 14.6 Å². The van der Waals surface area contributed by atoms with Crippen molar-refractivity contribution in [3.05, 3.63) is 41.1 Å². The van der Waals surface area contributed by atoms with Crippen molar-refractivity contribution in [2.45, 2.75) is 50.7 Å². The van der Waals surface area contributed by atoms with Gasteiger partial charge in [0.1, 0.15) is 0 Å². The number of hydrogen-bond donors (Lipinski definition) is 3. The maximum absolute atomic E-state index is 12.2. The monoisotopic (exact) mass is 474 g/mol. The highest BCUT2D eigenvalue weighted by atomic mass is 32.2. The van der Waals surface area contributed by atoms with Crippen LogP contribution < -0.4 is 5.32 Å². The molecule has 9 nitrogen and oxygen atoms in total. The van der Waals surface area contributed by atoms with E-state index in [1.807, 2.05) is 11.4 Å². The van der Waals surface area contributed by atoms with Gasteiger partial charge in [-0.2, -0.15) is 0 Å². The Bertz CT molecular complexity index is 1160. The zero-order valence-electron chi connectivity index (χ0n) is 19.7. The van der Waals surface area contributed by atoms with Gasteiger partial charge in [0.05, 0.1) is 34.2 Å². The lowest BCUT2D eigenvalue weighted by atomic mass is 9.85. The van der Waals surface area contributed by atoms with E-state index in [0.717, 1.165) is 42.5 Å². The average molecular weight is 475 g/mol. The molecule has 1 unspecified atom stereocenters. The number of aliphatic imine (C=N–C) groups is 1. The van der Waals surface area contributed by atoms with Gasteiger partial charge in [-0.15, -0.1) is 5.10 Å². The fraction of sp³-hybridized carbons (Fsp3) is 0.522. The molecular weight excluding hydrogens is 440 g/mol. The predicted molar refractivity (Wildman–Crippen MR) is 133 cm³/mol. The van der Waals surface area contributed by atoms with Crippen LogP contribution in [0.4, 0.5) is 5.95 Å². The van der Waals surface area contributed by atoms with Gasteiger partial charge in [0.25, 0.3) is 0 Å². The van der Waals surface area contributed by atoms with E-state index in [0.29, 0.717) is 18.1 Å². The third-order valence-corrected chi connectivity index (χ3v) is 6.97. The number of ether oxygens (including phenoxy) is 1. The Balaban J connectivity index is 2.14. The molecule has 0 amide bonds. The lowest BCUT2D eigenvalue weighted by Crippen LogP contribution is -2.23. The molecule has 2 aromatic heterocycles. The lowest BCUT2D eigenvalue weighted by Gasteiger charge is -2.25. The summed E-state index contributed by atoms with van der Waals surface area (Å²) in [5.74, 6) is 0.733. The summed E-state index contributed by atoms with van der Waals surface area (Å²) in [5.41, 5.74) is 3.34. The van der Waals surface area contributed by atoms with Crippen LogP contribution in [-0.2, 0) is 14.5 Å². The quantitative estimate of drug-likeness (QED) is 0.377. The molecule has 0 spiro atoms. The zero-order chi connectivity index (χ0) is 24.2. The average Bonchev–Trinajstić information content (AvgIpc) is 3.12. The molecule has 3 rings (SSSR count). The van der Waals surface area contributed by atoms with Crippen molar-refractivity contribution in [1.82, 2.24) is 14.6 Å². The highest BCUT2D eigenvalue weighted by Gasteiger charge is 2.26. The van der Waals surface area contributed by atoms with Crippen LogP contribution in [0.15, 0.2) is 34.8 Å². The van der Waals surface area contributed by atoms with Crippen LogP contribution in [0.5, 0.6) is 0 Å². The molecule has 1 fully saturated rings. The molecular formula is C23H34N6O3S. The van der Waals surface area contributed by atoms with Gasteiger partial charge in [-0.3, -0.25) is 4.99 Å². The minimum Gasteiger partial charge on any atom is -0.393 e. The Hall–Kier alpha value is -2.56. The normalized spacial score (nSPS) is 22.4. The van der Waals surface area contributed by atoms with E-state index in [2.05, 4.69) is 27.9 Å². The zero-order valence-corrected chi connectivity index (χ0v) is 20.6. The number of anilines is 1. The lowest BCUT2D eigenvalue weighted by molar-refractivity contribution is 0.121. The first kappa shape index (κ1) is 25.1. The summed E-state index contributed by atoms with van der Waals surface area (Å²) >= 11 is 0. The molecule has 2 aromatic rings. The van der Waals surface area contributed by atoms with Crippen LogP contribution in [0.25, 0.3) is 11.1 Å². The second-order valence-electron chi connectivity index (χ2n) is 8.66. The van der Waals surface area contributed by atoms with Gasteiger partial charge in [0.2, 0.25) is 5.95 Å². The molecule has 0 radical (unpaired) electrons. The molecule has 2 heterocycles. The van der Waals surface area contributed by atoms with E-state index in [1.165, 1.54) is 6.26 Å². The number of rotatable bonds is 9. The van der Waals surface area contributed by atoms with Crippen molar-refractivity contribution in [3.63, 3.8) is 0 Å². The van der Waals surface area contributed by atoms with Crippen LogP contribution in [0.3, 0.4) is 0 Å². The third-order valence-electron chi connectivity index (χ3n) is 5.85. The fourth-order valence-corrected chi connectivity index (χ4v) is 4.45. The smallest absolute Gasteiger partial charge is 0.241 e. The summed E-state index contributed by atoms with van der Waals surface area (Å²) in [6.45, 7) is 6.35. The molecule has 0 bridgehead atoms. The molecule has 0 aliphatic heterocycles. The van der Waals surface area contributed by atoms with E-state index in [9.17, 15) is 9.32 Å². The minimum atomic E-state index is -2.94. The van der Waals surface area contributed by atoms with Gasteiger partial charge >= 0.3 is 0 Å². The molecule has 10 heteroatoms. The minimum absolute atomic E-state index is 0.0385. The first-order chi connectivity index (χ1) is 15.6. The van der Waals surface area contributed by atoms with Crippen molar-refractivity contribution in [2.24, 2.45) is 4.99 Å². The van der Waals surface area contributed by atoms with Gasteiger partial charge in [0, 0.05) is 60.3 Å². The molecule has 0 saturated heterocycles. The highest BCUT2D eigenvalue weighted by molar-refractivity contribution is 7.95. The molecule has 33 heavy (non-hydrogen) atoms. The van der Waals surface area contributed by atoms with Gasteiger partial charge in [0.15, 0.2) is 0 Å². The number of aliphatic hydroxyl groups is 1. The van der Waals surface area contributed by atoms with Crippen molar-refractivity contribution >= 4 is 33.0 Å². The Kier molecular flexibility index (Phi) is 8.04. The van der Waals surface area contributed by atoms with Crippen molar-refractivity contribution in [3.8, 4) is 0 Å². The summed E-state index contributed by atoms with van der Waals surface area (Å²) in [6.07, 6.45) is 9.41. The maximum atomic E-state index is 12.2. The predicted octanol–water partition coefficient (Wildman–Crippen LogP) is 3.47. The molecule has 2 atom stereocenters. The number of allylic oxidation sites excluding steroid dienone is 2. The summed E-state index contributed by atoms with van der Waals surface area (Å²) in [7, 11) is 0.373. The van der Waals surface area contributed by atoms with Crippen LogP contribution in [0.1, 0.15) is 49.8 Å². The van der Waals surface area contributed by atoms with Crippen molar-refractivity contribution in [2.75, 3.05) is 32.3 Å². The largest absolute Gasteiger partial charge is 0.393 e. The second kappa shape index (κ2) is 10.6. The highest BCUT2D eigenvalue weighted by Crippen LogP contribution is 2.36. The maximum Gasteiger partial charge on any atom is 0.241 e. The fourth-order valence-electron chi connectivity index (χ4n) is 4.10. The number of aromatic nitrogens is 3. The SMILES string of the molecule is C=C(/C=C(\C=N/C)c1cc([C@H]2CC[C@H](O)CC2)n2nc(N[C@@H](C)COC)ncc12)S(C)(=N)=O. The number of hydrogen-bond acceptors (Lipinski definition) is 8. The van der Waals surface area contributed by atoms with E-state index in [-0.39, 0.29) is 23.0 Å². The summed E-state index contributed by atoms with van der Waals surface area (Å²) < 4.78 is 27.2. The van der Waals surface area contributed by atoms with E-state index >= 15 is 0 Å². The number of nitrogens with one attached hydrogen (secondary N) is 2. The number of nitrogens with zero attached hydrogens (tertiary/aromatic N) is 4. The molecule has 0 aromatic carbocycles. The molecule has 3 N–H and O–H groups in total. The Morgan fingerprint density at radius 2 is 2.18 bits per heavy atom.